The topological polar surface area (TPSA) is 95.8 Å². The van der Waals surface area contributed by atoms with Crippen LogP contribution in [0.4, 0.5) is 17.1 Å². The van der Waals surface area contributed by atoms with Crippen molar-refractivity contribution in [3.63, 3.8) is 0 Å². The van der Waals surface area contributed by atoms with Crippen molar-refractivity contribution in [3.8, 4) is 0 Å². The molecule has 1 fully saturated rings. The van der Waals surface area contributed by atoms with E-state index in [1.54, 1.807) is 41.3 Å². The number of nitrogens with one attached hydrogen (secondary N) is 1. The average Bonchev–Trinajstić information content (AvgIpc) is 2.80. The lowest BCUT2D eigenvalue weighted by Crippen LogP contribution is -2.38. The van der Waals surface area contributed by atoms with Crippen LogP contribution in [0.1, 0.15) is 37.0 Å². The third-order valence-corrected chi connectivity index (χ3v) is 6.12. The van der Waals surface area contributed by atoms with Gasteiger partial charge in [-0.25, -0.2) is 0 Å². The van der Waals surface area contributed by atoms with E-state index in [4.69, 9.17) is 11.6 Å². The number of nitro benzene ring substituents is 1. The summed E-state index contributed by atoms with van der Waals surface area (Å²) in [4.78, 5) is 39.8. The molecule has 2 aromatic rings. The number of amides is 2. The van der Waals surface area contributed by atoms with Crippen molar-refractivity contribution >= 4 is 40.5 Å². The number of nitrogens with zero attached hydrogens (tertiary/aromatic N) is 3. The van der Waals surface area contributed by atoms with Gasteiger partial charge in [-0.3, -0.25) is 19.7 Å². The summed E-state index contributed by atoms with van der Waals surface area (Å²) >= 11 is 6.32. The van der Waals surface area contributed by atoms with Crippen LogP contribution in [-0.2, 0) is 4.79 Å². The molecule has 0 spiro atoms. The van der Waals surface area contributed by atoms with Crippen LogP contribution in [0.15, 0.2) is 42.5 Å². The quantitative estimate of drug-likeness (QED) is 0.483. The summed E-state index contributed by atoms with van der Waals surface area (Å²) in [6.45, 7) is 6.11. The molecule has 170 valence electrons. The Morgan fingerprint density at radius 3 is 2.41 bits per heavy atom. The fourth-order valence-corrected chi connectivity index (χ4v) is 4.22. The molecule has 9 heteroatoms. The predicted octanol–water partition coefficient (Wildman–Crippen LogP) is 4.59. The van der Waals surface area contributed by atoms with E-state index in [2.05, 4.69) is 5.32 Å². The number of para-hydroxylation sites is 2. The monoisotopic (exact) mass is 458 g/mol. The molecule has 0 aromatic heterocycles. The Hall–Kier alpha value is -3.13. The number of nitro groups is 1. The number of benzene rings is 2. The van der Waals surface area contributed by atoms with E-state index in [1.807, 2.05) is 18.7 Å². The zero-order valence-electron chi connectivity index (χ0n) is 18.2. The van der Waals surface area contributed by atoms with Crippen LogP contribution >= 0.6 is 11.6 Å². The lowest BCUT2D eigenvalue weighted by atomic mass is 9.95. The van der Waals surface area contributed by atoms with Crippen LogP contribution in [0.25, 0.3) is 0 Å². The second-order valence-corrected chi connectivity index (χ2v) is 8.08. The van der Waals surface area contributed by atoms with E-state index in [0.29, 0.717) is 61.0 Å². The molecule has 1 aliphatic rings. The van der Waals surface area contributed by atoms with Gasteiger partial charge in [0.2, 0.25) is 5.91 Å². The highest BCUT2D eigenvalue weighted by Gasteiger charge is 2.28. The first-order valence-electron chi connectivity index (χ1n) is 10.7. The van der Waals surface area contributed by atoms with E-state index < -0.39 is 0 Å². The molecule has 0 radical (unpaired) electrons. The van der Waals surface area contributed by atoms with Gasteiger partial charge in [0.1, 0.15) is 5.69 Å². The maximum Gasteiger partial charge on any atom is 0.292 e. The predicted molar refractivity (Wildman–Crippen MR) is 125 cm³/mol. The van der Waals surface area contributed by atoms with E-state index in [9.17, 15) is 19.7 Å². The first kappa shape index (κ1) is 23.5. The Morgan fingerprint density at radius 2 is 1.81 bits per heavy atom. The van der Waals surface area contributed by atoms with Gasteiger partial charge in [0, 0.05) is 43.9 Å². The average molecular weight is 459 g/mol. The highest BCUT2D eigenvalue weighted by molar-refractivity contribution is 6.34. The molecular weight excluding hydrogens is 432 g/mol. The smallest absolute Gasteiger partial charge is 0.292 e. The number of halogens is 1. The highest BCUT2D eigenvalue weighted by atomic mass is 35.5. The number of carbonyl (C=O) groups is 2. The van der Waals surface area contributed by atoms with Crippen LogP contribution in [0.5, 0.6) is 0 Å². The maximum absolute atomic E-state index is 12.8. The molecule has 1 N–H and O–H groups in total. The van der Waals surface area contributed by atoms with Gasteiger partial charge in [0.25, 0.3) is 11.6 Å². The van der Waals surface area contributed by atoms with Gasteiger partial charge >= 0.3 is 0 Å². The Kier molecular flexibility index (Phi) is 7.69. The summed E-state index contributed by atoms with van der Waals surface area (Å²) in [6.07, 6.45) is 1.17. The minimum absolute atomic E-state index is 0.0735. The molecule has 1 saturated heterocycles. The molecule has 0 unspecified atom stereocenters. The molecule has 2 aromatic carbocycles. The standard InChI is InChI=1S/C23H27ClN4O4/c1-3-26(4-2)23(30)18-10-9-17(15-19(18)24)25-22(29)16-11-13-27(14-12-16)20-7-5-6-8-21(20)28(31)32/h5-10,15-16H,3-4,11-14H2,1-2H3,(H,25,29). The van der Waals surface area contributed by atoms with Gasteiger partial charge in [0.05, 0.1) is 15.5 Å². The van der Waals surface area contributed by atoms with E-state index in [0.717, 1.165) is 0 Å². The molecule has 1 heterocycles. The molecule has 3 rings (SSSR count). The third kappa shape index (κ3) is 5.19. The second-order valence-electron chi connectivity index (χ2n) is 7.67. The first-order valence-corrected chi connectivity index (χ1v) is 11.1. The summed E-state index contributed by atoms with van der Waals surface area (Å²) in [5.41, 5.74) is 1.60. The van der Waals surface area contributed by atoms with Crippen molar-refractivity contribution in [1.29, 1.82) is 0 Å². The molecule has 0 bridgehead atoms. The van der Waals surface area contributed by atoms with Gasteiger partial charge in [-0.1, -0.05) is 23.7 Å². The van der Waals surface area contributed by atoms with E-state index in [-0.39, 0.29) is 28.3 Å². The van der Waals surface area contributed by atoms with Crippen LogP contribution < -0.4 is 10.2 Å². The van der Waals surface area contributed by atoms with Crippen molar-refractivity contribution in [2.75, 3.05) is 36.4 Å². The summed E-state index contributed by atoms with van der Waals surface area (Å²) in [6, 6.07) is 11.6. The molecule has 32 heavy (non-hydrogen) atoms. The third-order valence-electron chi connectivity index (χ3n) is 5.80. The maximum atomic E-state index is 12.8. The lowest BCUT2D eigenvalue weighted by Gasteiger charge is -2.32. The van der Waals surface area contributed by atoms with E-state index >= 15 is 0 Å². The highest BCUT2D eigenvalue weighted by Crippen LogP contribution is 2.31. The molecular formula is C23H27ClN4O4. The van der Waals surface area contributed by atoms with Crippen LogP contribution in [-0.4, -0.2) is 47.8 Å². The van der Waals surface area contributed by atoms with Crippen molar-refractivity contribution in [2.24, 2.45) is 5.92 Å². The van der Waals surface area contributed by atoms with Gasteiger partial charge in [-0.2, -0.15) is 0 Å². The number of hydrogen-bond acceptors (Lipinski definition) is 5. The Morgan fingerprint density at radius 1 is 1.16 bits per heavy atom. The van der Waals surface area contributed by atoms with Crippen LogP contribution in [0, 0.1) is 16.0 Å². The van der Waals surface area contributed by atoms with Crippen molar-refractivity contribution < 1.29 is 14.5 Å². The number of rotatable bonds is 7. The Balaban J connectivity index is 1.61. The minimum Gasteiger partial charge on any atom is -0.366 e. The van der Waals surface area contributed by atoms with Gasteiger partial charge in [0.15, 0.2) is 0 Å². The van der Waals surface area contributed by atoms with Crippen molar-refractivity contribution in [1.82, 2.24) is 4.90 Å². The van der Waals surface area contributed by atoms with Gasteiger partial charge in [-0.15, -0.1) is 0 Å². The zero-order valence-corrected chi connectivity index (χ0v) is 19.0. The van der Waals surface area contributed by atoms with Gasteiger partial charge < -0.3 is 15.1 Å². The fourth-order valence-electron chi connectivity index (χ4n) is 3.96. The zero-order chi connectivity index (χ0) is 23.3. The van der Waals surface area contributed by atoms with Crippen molar-refractivity contribution in [2.45, 2.75) is 26.7 Å². The summed E-state index contributed by atoms with van der Waals surface area (Å²) in [5, 5.41) is 14.5. The first-order chi connectivity index (χ1) is 15.3. The second kappa shape index (κ2) is 10.5. The number of hydrogen-bond donors (Lipinski definition) is 1. The molecule has 0 atom stereocenters. The minimum atomic E-state index is -0.382. The Labute approximate surface area is 192 Å². The normalized spacial score (nSPS) is 14.2. The lowest BCUT2D eigenvalue weighted by molar-refractivity contribution is -0.384. The number of anilines is 2. The van der Waals surface area contributed by atoms with Crippen LogP contribution in [0.3, 0.4) is 0 Å². The SMILES string of the molecule is CCN(CC)C(=O)c1ccc(NC(=O)C2CCN(c3ccccc3[N+](=O)[O-])CC2)cc1Cl. The van der Waals surface area contributed by atoms with E-state index in [1.165, 1.54) is 6.07 Å². The van der Waals surface area contributed by atoms with Crippen molar-refractivity contribution in [3.05, 3.63) is 63.2 Å². The molecule has 0 aliphatic carbocycles. The molecule has 2 amide bonds. The fraction of sp³-hybridized carbons (Fsp3) is 0.391. The Bertz CT molecular complexity index is 1000. The molecule has 1 aliphatic heterocycles. The number of carbonyl (C=O) groups excluding carboxylic acids is 2. The van der Waals surface area contributed by atoms with Crippen LogP contribution in [0.2, 0.25) is 5.02 Å². The number of piperidine rings is 1. The molecule has 0 saturated carbocycles. The molecule has 8 nitrogen and oxygen atoms in total. The van der Waals surface area contributed by atoms with Gasteiger partial charge in [-0.05, 0) is 51.0 Å². The summed E-state index contributed by atoms with van der Waals surface area (Å²) < 4.78 is 0. The summed E-state index contributed by atoms with van der Waals surface area (Å²) in [7, 11) is 0. The summed E-state index contributed by atoms with van der Waals surface area (Å²) in [5.74, 6) is -0.462. The largest absolute Gasteiger partial charge is 0.366 e.